The van der Waals surface area contributed by atoms with Crippen LogP contribution in [0.3, 0.4) is 0 Å². The molecule has 0 aliphatic rings. The molecule has 0 bridgehead atoms. The van der Waals surface area contributed by atoms with Crippen molar-refractivity contribution in [1.29, 1.82) is 0 Å². The zero-order valence-electron chi connectivity index (χ0n) is 15.9. The number of aryl methyl sites for hydroxylation is 1. The summed E-state index contributed by atoms with van der Waals surface area (Å²) in [6.45, 7) is 4.81. The first kappa shape index (κ1) is 20.4. The van der Waals surface area contributed by atoms with Gasteiger partial charge in [0.25, 0.3) is 5.91 Å². The summed E-state index contributed by atoms with van der Waals surface area (Å²) >= 11 is 7.39. The zero-order chi connectivity index (χ0) is 19.9. The first-order valence-electron chi connectivity index (χ1n) is 9.11. The van der Waals surface area contributed by atoms with Crippen molar-refractivity contribution in [2.75, 3.05) is 6.54 Å². The van der Waals surface area contributed by atoms with Gasteiger partial charge in [0.15, 0.2) is 5.15 Å². The lowest BCUT2D eigenvalue weighted by molar-refractivity contribution is 0.0944. The number of amides is 1. The van der Waals surface area contributed by atoms with Gasteiger partial charge in [-0.25, -0.2) is 0 Å². The molecule has 0 saturated heterocycles. The molecule has 1 N–H and O–H groups in total. The van der Waals surface area contributed by atoms with Crippen LogP contribution in [-0.2, 0) is 6.42 Å². The maximum absolute atomic E-state index is 12.8. The summed E-state index contributed by atoms with van der Waals surface area (Å²) < 4.78 is 0. The smallest absolute Gasteiger partial charge is 0.254 e. The van der Waals surface area contributed by atoms with Crippen molar-refractivity contribution in [3.05, 3.63) is 82.5 Å². The van der Waals surface area contributed by atoms with Crippen molar-refractivity contribution in [3.63, 3.8) is 0 Å². The van der Waals surface area contributed by atoms with Crippen LogP contribution in [0.4, 0.5) is 0 Å². The van der Waals surface area contributed by atoms with Crippen molar-refractivity contribution >= 4 is 29.3 Å². The van der Waals surface area contributed by atoms with Crippen LogP contribution in [0.2, 0.25) is 5.15 Å². The molecule has 3 aromatic rings. The van der Waals surface area contributed by atoms with Gasteiger partial charge in [0.2, 0.25) is 0 Å². The van der Waals surface area contributed by atoms with Crippen molar-refractivity contribution < 1.29 is 4.79 Å². The molecule has 0 radical (unpaired) electrons. The average Bonchev–Trinajstić information content (AvgIpc) is 2.70. The lowest BCUT2D eigenvalue weighted by Gasteiger charge is -2.15. The third kappa shape index (κ3) is 5.57. The molecule has 1 aromatic heterocycles. The molecule has 1 unspecified atom stereocenters. The molecule has 1 amide bonds. The minimum atomic E-state index is -0.188. The summed E-state index contributed by atoms with van der Waals surface area (Å²) in [5.41, 5.74) is 3.02. The molecule has 3 rings (SSSR count). The topological polar surface area (TPSA) is 54.9 Å². The van der Waals surface area contributed by atoms with E-state index in [1.807, 2.05) is 42.5 Å². The van der Waals surface area contributed by atoms with Gasteiger partial charge in [-0.1, -0.05) is 72.8 Å². The molecular formula is C22H22ClN3OS. The molecule has 2 aromatic carbocycles. The molecule has 0 saturated carbocycles. The van der Waals surface area contributed by atoms with Gasteiger partial charge >= 0.3 is 0 Å². The van der Waals surface area contributed by atoms with E-state index in [2.05, 4.69) is 41.5 Å². The van der Waals surface area contributed by atoms with Crippen LogP contribution in [0.25, 0.3) is 0 Å². The quantitative estimate of drug-likeness (QED) is 0.580. The number of carbonyl (C=O) groups excluding carboxylic acids is 1. The summed E-state index contributed by atoms with van der Waals surface area (Å²) in [5.74, 6) is 0.118. The van der Waals surface area contributed by atoms with Crippen molar-refractivity contribution in [2.24, 2.45) is 5.92 Å². The Morgan fingerprint density at radius 2 is 1.82 bits per heavy atom. The fraction of sp³-hybridized carbons (Fsp3) is 0.227. The van der Waals surface area contributed by atoms with Gasteiger partial charge in [0, 0.05) is 11.4 Å². The van der Waals surface area contributed by atoms with Crippen LogP contribution in [0.5, 0.6) is 0 Å². The third-order valence-electron chi connectivity index (χ3n) is 4.37. The molecule has 144 valence electrons. The molecule has 0 aliphatic carbocycles. The number of nitrogens with zero attached hydrogens (tertiary/aromatic N) is 2. The zero-order valence-corrected chi connectivity index (χ0v) is 17.4. The summed E-state index contributed by atoms with van der Waals surface area (Å²) in [6.07, 6.45) is 0.911. The van der Waals surface area contributed by atoms with Gasteiger partial charge < -0.3 is 5.32 Å². The van der Waals surface area contributed by atoms with Crippen LogP contribution >= 0.6 is 23.4 Å². The van der Waals surface area contributed by atoms with Gasteiger partial charge in [0.05, 0.1) is 5.56 Å². The van der Waals surface area contributed by atoms with E-state index in [1.54, 1.807) is 6.07 Å². The third-order valence-corrected chi connectivity index (χ3v) is 5.56. The fourth-order valence-corrected chi connectivity index (χ4v) is 3.85. The van der Waals surface area contributed by atoms with Gasteiger partial charge in [-0.2, -0.15) is 0 Å². The summed E-state index contributed by atoms with van der Waals surface area (Å²) in [4.78, 5) is 13.8. The van der Waals surface area contributed by atoms with Crippen LogP contribution < -0.4 is 5.32 Å². The molecule has 0 aliphatic heterocycles. The van der Waals surface area contributed by atoms with E-state index >= 15 is 0 Å². The Hall–Kier alpha value is -2.37. The lowest BCUT2D eigenvalue weighted by atomic mass is 9.97. The second kappa shape index (κ2) is 9.71. The highest BCUT2D eigenvalue weighted by Crippen LogP contribution is 2.29. The number of hydrogen-bond donors (Lipinski definition) is 1. The highest BCUT2D eigenvalue weighted by Gasteiger charge is 2.17. The van der Waals surface area contributed by atoms with Crippen molar-refractivity contribution in [2.45, 2.75) is 30.2 Å². The van der Waals surface area contributed by atoms with E-state index in [0.717, 1.165) is 11.3 Å². The second-order valence-electron chi connectivity index (χ2n) is 6.75. The van der Waals surface area contributed by atoms with Crippen LogP contribution in [0.1, 0.15) is 28.4 Å². The Morgan fingerprint density at radius 3 is 2.57 bits per heavy atom. The Balaban J connectivity index is 1.66. The highest BCUT2D eigenvalue weighted by molar-refractivity contribution is 7.99. The first-order chi connectivity index (χ1) is 13.5. The van der Waals surface area contributed by atoms with E-state index in [0.29, 0.717) is 23.1 Å². The molecule has 0 fully saturated rings. The second-order valence-corrected chi connectivity index (χ2v) is 8.20. The molecule has 0 spiro atoms. The van der Waals surface area contributed by atoms with Gasteiger partial charge in [0.1, 0.15) is 5.03 Å². The molecule has 28 heavy (non-hydrogen) atoms. The Labute approximate surface area is 174 Å². The highest BCUT2D eigenvalue weighted by atomic mass is 35.5. The molecule has 4 nitrogen and oxygen atoms in total. The molecule has 6 heteroatoms. The Kier molecular flexibility index (Phi) is 7.06. The predicted molar refractivity (Wildman–Crippen MR) is 114 cm³/mol. The normalized spacial score (nSPS) is 11.8. The molecule has 1 heterocycles. The summed E-state index contributed by atoms with van der Waals surface area (Å²) in [7, 11) is 0. The lowest BCUT2D eigenvalue weighted by Crippen LogP contribution is -2.29. The summed E-state index contributed by atoms with van der Waals surface area (Å²) in [6, 6.07) is 19.7. The number of hydrogen-bond acceptors (Lipinski definition) is 4. The molecule has 1 atom stereocenters. The van der Waals surface area contributed by atoms with E-state index in [4.69, 9.17) is 11.6 Å². The number of benzene rings is 2. The SMILES string of the molecule is Cc1ccccc1CC(C)CNC(=O)c1cc(Cl)nnc1Sc1ccccc1. The van der Waals surface area contributed by atoms with Crippen LogP contribution in [0, 0.1) is 12.8 Å². The van der Waals surface area contributed by atoms with Crippen molar-refractivity contribution in [1.82, 2.24) is 15.5 Å². The van der Waals surface area contributed by atoms with Crippen molar-refractivity contribution in [3.8, 4) is 0 Å². The maximum Gasteiger partial charge on any atom is 0.254 e. The van der Waals surface area contributed by atoms with E-state index in [1.165, 1.54) is 22.9 Å². The largest absolute Gasteiger partial charge is 0.352 e. The number of halogens is 1. The number of carbonyl (C=O) groups is 1. The predicted octanol–water partition coefficient (Wildman–Crippen LogP) is 5.20. The number of rotatable bonds is 7. The van der Waals surface area contributed by atoms with Crippen LogP contribution in [0.15, 0.2) is 70.6 Å². The Bertz CT molecular complexity index is 950. The van der Waals surface area contributed by atoms with Crippen LogP contribution in [-0.4, -0.2) is 22.6 Å². The number of aromatic nitrogens is 2. The summed E-state index contributed by atoms with van der Waals surface area (Å²) in [5, 5.41) is 11.8. The minimum absolute atomic E-state index is 0.188. The van der Waals surface area contributed by atoms with E-state index in [-0.39, 0.29) is 11.1 Å². The van der Waals surface area contributed by atoms with Gasteiger partial charge in [-0.05, 0) is 48.6 Å². The van der Waals surface area contributed by atoms with Gasteiger partial charge in [-0.3, -0.25) is 4.79 Å². The molecular weight excluding hydrogens is 390 g/mol. The standard InChI is InChI=1S/C22H22ClN3OS/c1-15(12-17-9-7-6-8-16(17)2)14-24-21(27)19-13-20(23)25-26-22(19)28-18-10-4-3-5-11-18/h3-11,13,15H,12,14H2,1-2H3,(H,24,27). The first-order valence-corrected chi connectivity index (χ1v) is 10.3. The number of nitrogens with one attached hydrogen (secondary N) is 1. The van der Waals surface area contributed by atoms with E-state index < -0.39 is 0 Å². The van der Waals surface area contributed by atoms with E-state index in [9.17, 15) is 4.79 Å². The monoisotopic (exact) mass is 411 g/mol. The Morgan fingerprint density at radius 1 is 1.11 bits per heavy atom. The minimum Gasteiger partial charge on any atom is -0.352 e. The fourth-order valence-electron chi connectivity index (χ4n) is 2.84. The maximum atomic E-state index is 12.8. The average molecular weight is 412 g/mol. The van der Waals surface area contributed by atoms with Gasteiger partial charge in [-0.15, -0.1) is 10.2 Å².